The van der Waals surface area contributed by atoms with Gasteiger partial charge in [0.05, 0.1) is 13.2 Å². The highest BCUT2D eigenvalue weighted by Crippen LogP contribution is 2.04. The van der Waals surface area contributed by atoms with E-state index in [1.807, 2.05) is 6.92 Å². The quantitative estimate of drug-likeness (QED) is 0.481. The summed E-state index contributed by atoms with van der Waals surface area (Å²) in [7, 11) is 0. The van der Waals surface area contributed by atoms with Crippen LogP contribution in [-0.2, 0) is 16.1 Å². The van der Waals surface area contributed by atoms with E-state index in [4.69, 9.17) is 14.9 Å². The fourth-order valence-electron chi connectivity index (χ4n) is 1.03. The molecule has 0 saturated heterocycles. The lowest BCUT2D eigenvalue weighted by Gasteiger charge is -2.01. The lowest BCUT2D eigenvalue weighted by Crippen LogP contribution is -2.20. The number of hydrogen-bond acceptors (Lipinski definition) is 7. The smallest absolute Gasteiger partial charge is 0.315 e. The number of ether oxygens (including phenoxy) is 1. The van der Waals surface area contributed by atoms with Crippen molar-refractivity contribution >= 4 is 11.9 Å². The third-order valence-electron chi connectivity index (χ3n) is 1.76. The third kappa shape index (κ3) is 5.83. The molecule has 8 heteroatoms. The topological polar surface area (TPSA) is 115 Å². The maximum atomic E-state index is 10.4. The number of nitrogens with zero attached hydrogens (tertiary/aromatic N) is 2. The van der Waals surface area contributed by atoms with Crippen molar-refractivity contribution in [2.75, 3.05) is 31.6 Å². The molecular weight excluding hydrogens is 226 g/mol. The predicted molar refractivity (Wildman–Crippen MR) is 60.2 cm³/mol. The summed E-state index contributed by atoms with van der Waals surface area (Å²) in [5, 5.41) is 13.5. The minimum absolute atomic E-state index is 0.0861. The van der Waals surface area contributed by atoms with Crippen molar-refractivity contribution in [1.82, 2.24) is 15.5 Å². The fourth-order valence-corrected chi connectivity index (χ4v) is 1.03. The lowest BCUT2D eigenvalue weighted by atomic mass is 10.6. The van der Waals surface area contributed by atoms with Crippen molar-refractivity contribution in [3.63, 3.8) is 0 Å². The first kappa shape index (κ1) is 13.4. The summed E-state index contributed by atoms with van der Waals surface area (Å²) in [6.45, 7) is 4.10. The maximum absolute atomic E-state index is 10.4. The van der Waals surface area contributed by atoms with Crippen molar-refractivity contribution < 1.29 is 13.9 Å². The first-order chi connectivity index (χ1) is 8.22. The monoisotopic (exact) mass is 243 g/mol. The van der Waals surface area contributed by atoms with E-state index in [-0.39, 0.29) is 6.61 Å². The van der Waals surface area contributed by atoms with Crippen LogP contribution in [0.25, 0.3) is 0 Å². The van der Waals surface area contributed by atoms with E-state index in [0.717, 1.165) is 6.54 Å². The number of primary amides is 1. The van der Waals surface area contributed by atoms with E-state index in [9.17, 15) is 4.79 Å². The summed E-state index contributed by atoms with van der Waals surface area (Å²) in [4.78, 5) is 10.4. The number of carbonyl (C=O) groups excluding carboxylic acids is 1. The van der Waals surface area contributed by atoms with Crippen LogP contribution in [0.5, 0.6) is 0 Å². The van der Waals surface area contributed by atoms with Gasteiger partial charge in [0.1, 0.15) is 6.61 Å². The van der Waals surface area contributed by atoms with E-state index in [0.29, 0.717) is 31.6 Å². The number of nitrogens with two attached hydrogens (primary N) is 1. The van der Waals surface area contributed by atoms with E-state index >= 15 is 0 Å². The molecule has 0 bridgehead atoms. The first-order valence-electron chi connectivity index (χ1n) is 5.35. The molecule has 1 amide bonds. The van der Waals surface area contributed by atoms with Crippen molar-refractivity contribution in [1.29, 1.82) is 0 Å². The van der Waals surface area contributed by atoms with Crippen LogP contribution in [0.1, 0.15) is 12.8 Å². The van der Waals surface area contributed by atoms with Gasteiger partial charge in [-0.05, 0) is 6.54 Å². The molecule has 8 nitrogen and oxygen atoms in total. The number of carbonyl (C=O) groups is 1. The van der Waals surface area contributed by atoms with Gasteiger partial charge in [-0.1, -0.05) is 12.0 Å². The van der Waals surface area contributed by atoms with E-state index in [1.165, 1.54) is 0 Å². The summed E-state index contributed by atoms with van der Waals surface area (Å²) in [6.07, 6.45) is 0. The largest absolute Gasteiger partial charge is 0.407 e. The van der Waals surface area contributed by atoms with Crippen LogP contribution in [0.4, 0.5) is 6.01 Å². The Kier molecular flexibility index (Phi) is 5.97. The molecule has 0 radical (unpaired) electrons. The van der Waals surface area contributed by atoms with Gasteiger partial charge in [-0.25, -0.2) is 0 Å². The van der Waals surface area contributed by atoms with Gasteiger partial charge in [0, 0.05) is 6.54 Å². The van der Waals surface area contributed by atoms with Crippen LogP contribution in [-0.4, -0.2) is 42.4 Å². The standard InChI is InChI=1S/C9H17N5O3/c1-2-11-5-8-13-14-9(17-8)12-3-4-16-6-7(10)15/h11H,2-6H2,1H3,(H2,10,15)(H,12,14). The maximum Gasteiger partial charge on any atom is 0.315 e. The van der Waals surface area contributed by atoms with E-state index in [2.05, 4.69) is 20.8 Å². The molecule has 1 heterocycles. The van der Waals surface area contributed by atoms with Crippen LogP contribution >= 0.6 is 0 Å². The molecule has 0 aliphatic carbocycles. The SMILES string of the molecule is CCNCc1nnc(NCCOCC(N)=O)o1. The number of anilines is 1. The summed E-state index contributed by atoms with van der Waals surface area (Å²) in [6, 6.07) is 0.334. The van der Waals surface area contributed by atoms with Crippen molar-refractivity contribution in [3.8, 4) is 0 Å². The molecule has 96 valence electrons. The van der Waals surface area contributed by atoms with Crippen LogP contribution in [0.2, 0.25) is 0 Å². The molecule has 1 aromatic heterocycles. The molecule has 4 N–H and O–H groups in total. The second-order valence-corrected chi connectivity index (χ2v) is 3.23. The lowest BCUT2D eigenvalue weighted by molar-refractivity contribution is -0.122. The first-order valence-corrected chi connectivity index (χ1v) is 5.35. The molecule has 0 aromatic carbocycles. The van der Waals surface area contributed by atoms with Gasteiger partial charge in [-0.3, -0.25) is 4.79 Å². The fraction of sp³-hybridized carbons (Fsp3) is 0.667. The van der Waals surface area contributed by atoms with E-state index in [1.54, 1.807) is 0 Å². The minimum atomic E-state index is -0.490. The molecule has 1 aromatic rings. The third-order valence-corrected chi connectivity index (χ3v) is 1.76. The molecule has 1 rings (SSSR count). The molecule has 0 fully saturated rings. The van der Waals surface area contributed by atoms with Crippen LogP contribution in [0, 0.1) is 0 Å². The molecular formula is C9H17N5O3. The Morgan fingerprint density at radius 2 is 2.35 bits per heavy atom. The van der Waals surface area contributed by atoms with Gasteiger partial charge in [0.25, 0.3) is 0 Å². The zero-order chi connectivity index (χ0) is 12.5. The average molecular weight is 243 g/mol. The van der Waals surface area contributed by atoms with Crippen molar-refractivity contribution in [3.05, 3.63) is 5.89 Å². The zero-order valence-corrected chi connectivity index (χ0v) is 9.73. The van der Waals surface area contributed by atoms with Crippen molar-refractivity contribution in [2.45, 2.75) is 13.5 Å². The summed E-state index contributed by atoms with van der Waals surface area (Å²) in [5.74, 6) is 0.0307. The number of hydrogen-bond donors (Lipinski definition) is 3. The normalized spacial score (nSPS) is 10.4. The molecule has 0 spiro atoms. The van der Waals surface area contributed by atoms with Gasteiger partial charge in [-0.15, -0.1) is 5.10 Å². The Morgan fingerprint density at radius 1 is 1.53 bits per heavy atom. The van der Waals surface area contributed by atoms with E-state index < -0.39 is 5.91 Å². The van der Waals surface area contributed by atoms with Gasteiger partial charge >= 0.3 is 6.01 Å². The highest BCUT2D eigenvalue weighted by molar-refractivity contribution is 5.74. The highest BCUT2D eigenvalue weighted by atomic mass is 16.5. The predicted octanol–water partition coefficient (Wildman–Crippen LogP) is -0.907. The Labute approximate surface area is 98.9 Å². The van der Waals surface area contributed by atoms with Crippen LogP contribution < -0.4 is 16.4 Å². The molecule has 0 saturated carbocycles. The Hall–Kier alpha value is -1.67. The highest BCUT2D eigenvalue weighted by Gasteiger charge is 2.04. The Morgan fingerprint density at radius 3 is 3.06 bits per heavy atom. The van der Waals surface area contributed by atoms with Gasteiger partial charge in [-0.2, -0.15) is 0 Å². The number of rotatable bonds is 9. The second kappa shape index (κ2) is 7.58. The number of amides is 1. The number of aromatic nitrogens is 2. The summed E-state index contributed by atoms with van der Waals surface area (Å²) < 4.78 is 10.2. The molecule has 0 unspecified atom stereocenters. The average Bonchev–Trinajstić information content (AvgIpc) is 2.73. The van der Waals surface area contributed by atoms with Gasteiger partial charge in [0.2, 0.25) is 11.8 Å². The van der Waals surface area contributed by atoms with Crippen LogP contribution in [0.3, 0.4) is 0 Å². The number of nitrogens with one attached hydrogen (secondary N) is 2. The Balaban J connectivity index is 2.14. The minimum Gasteiger partial charge on any atom is -0.407 e. The molecule has 17 heavy (non-hydrogen) atoms. The Bertz CT molecular complexity index is 341. The molecule has 0 aliphatic heterocycles. The van der Waals surface area contributed by atoms with Gasteiger partial charge < -0.3 is 25.5 Å². The van der Waals surface area contributed by atoms with Crippen LogP contribution in [0.15, 0.2) is 4.42 Å². The summed E-state index contributed by atoms with van der Waals surface area (Å²) in [5.41, 5.74) is 4.90. The van der Waals surface area contributed by atoms with Gasteiger partial charge in [0.15, 0.2) is 0 Å². The zero-order valence-electron chi connectivity index (χ0n) is 9.73. The molecule has 0 aliphatic rings. The second-order valence-electron chi connectivity index (χ2n) is 3.23. The summed E-state index contributed by atoms with van der Waals surface area (Å²) >= 11 is 0. The molecule has 0 atom stereocenters. The van der Waals surface area contributed by atoms with Crippen molar-refractivity contribution in [2.24, 2.45) is 5.73 Å².